The molecule has 1 amide bonds. The van der Waals surface area contributed by atoms with Crippen LogP contribution in [-0.2, 0) is 0 Å². The summed E-state index contributed by atoms with van der Waals surface area (Å²) >= 11 is 2.85. The summed E-state index contributed by atoms with van der Waals surface area (Å²) in [5.41, 5.74) is 2.99. The van der Waals surface area contributed by atoms with E-state index in [0.717, 1.165) is 22.2 Å². The molecule has 0 spiro atoms. The first-order valence-electron chi connectivity index (χ1n) is 6.68. The van der Waals surface area contributed by atoms with Gasteiger partial charge in [-0.1, -0.05) is 24.3 Å². The van der Waals surface area contributed by atoms with Crippen LogP contribution in [0.25, 0.3) is 22.2 Å². The number of aromatic nitrogens is 2. The zero-order valence-electron chi connectivity index (χ0n) is 11.4. The number of benzene rings is 1. The number of thiazole rings is 1. The van der Waals surface area contributed by atoms with Gasteiger partial charge >= 0.3 is 0 Å². The Bertz CT molecular complexity index is 937. The van der Waals surface area contributed by atoms with Crippen LogP contribution in [0.4, 0.5) is 5.13 Å². The van der Waals surface area contributed by atoms with Crippen molar-refractivity contribution < 1.29 is 4.79 Å². The predicted molar refractivity (Wildman–Crippen MR) is 91.7 cm³/mol. The van der Waals surface area contributed by atoms with Gasteiger partial charge in [-0.2, -0.15) is 0 Å². The van der Waals surface area contributed by atoms with E-state index in [-0.39, 0.29) is 5.91 Å². The number of H-pyrrole nitrogens is 1. The molecule has 0 bridgehead atoms. The minimum Gasteiger partial charge on any atom is -0.360 e. The van der Waals surface area contributed by atoms with Crippen LogP contribution in [0.15, 0.2) is 53.4 Å². The standard InChI is InChI=1S/C16H11N3OS2/c20-15(14-6-3-7-21-14)19-16-18-13(9-22-16)11-8-17-12-5-2-1-4-10(11)12/h1-9,17H,(H,18,19,20). The van der Waals surface area contributed by atoms with Gasteiger partial charge < -0.3 is 4.98 Å². The van der Waals surface area contributed by atoms with E-state index in [1.54, 1.807) is 6.07 Å². The summed E-state index contributed by atoms with van der Waals surface area (Å²) in [6.07, 6.45) is 1.95. The Morgan fingerprint density at radius 2 is 2.05 bits per heavy atom. The number of rotatable bonds is 3. The lowest BCUT2D eigenvalue weighted by Crippen LogP contribution is -2.09. The summed E-state index contributed by atoms with van der Waals surface area (Å²) in [7, 11) is 0. The van der Waals surface area contributed by atoms with Gasteiger partial charge in [0.05, 0.1) is 10.6 Å². The summed E-state index contributed by atoms with van der Waals surface area (Å²) in [5.74, 6) is -0.116. The molecule has 3 heterocycles. The molecule has 108 valence electrons. The summed E-state index contributed by atoms with van der Waals surface area (Å²) in [6.45, 7) is 0. The lowest BCUT2D eigenvalue weighted by molar-refractivity contribution is 0.103. The Kier molecular flexibility index (Phi) is 3.25. The lowest BCUT2D eigenvalue weighted by Gasteiger charge is -1.98. The quantitative estimate of drug-likeness (QED) is 0.578. The molecule has 0 saturated heterocycles. The van der Waals surface area contributed by atoms with E-state index >= 15 is 0 Å². The maximum atomic E-state index is 12.0. The number of nitrogens with zero attached hydrogens (tertiary/aromatic N) is 1. The Labute approximate surface area is 134 Å². The summed E-state index contributed by atoms with van der Waals surface area (Å²) in [4.78, 5) is 20.5. The number of carbonyl (C=O) groups excluding carboxylic acids is 1. The van der Waals surface area contributed by atoms with E-state index < -0.39 is 0 Å². The van der Waals surface area contributed by atoms with E-state index in [9.17, 15) is 4.79 Å². The average molecular weight is 325 g/mol. The summed E-state index contributed by atoms with van der Waals surface area (Å²) in [6, 6.07) is 11.8. The van der Waals surface area contributed by atoms with Crippen molar-refractivity contribution in [1.82, 2.24) is 9.97 Å². The molecular weight excluding hydrogens is 314 g/mol. The molecule has 4 aromatic rings. The number of amides is 1. The molecule has 22 heavy (non-hydrogen) atoms. The Balaban J connectivity index is 1.63. The maximum Gasteiger partial charge on any atom is 0.267 e. The fraction of sp³-hybridized carbons (Fsp3) is 0. The van der Waals surface area contributed by atoms with Crippen molar-refractivity contribution in [2.24, 2.45) is 0 Å². The van der Waals surface area contributed by atoms with Crippen molar-refractivity contribution in [2.75, 3.05) is 5.32 Å². The zero-order valence-corrected chi connectivity index (χ0v) is 13.0. The monoisotopic (exact) mass is 325 g/mol. The number of fused-ring (bicyclic) bond motifs is 1. The highest BCUT2D eigenvalue weighted by atomic mass is 32.1. The van der Waals surface area contributed by atoms with Crippen LogP contribution in [0.1, 0.15) is 9.67 Å². The van der Waals surface area contributed by atoms with Crippen LogP contribution in [0.2, 0.25) is 0 Å². The molecule has 0 unspecified atom stereocenters. The topological polar surface area (TPSA) is 57.8 Å². The van der Waals surface area contributed by atoms with Crippen molar-refractivity contribution in [3.63, 3.8) is 0 Å². The number of anilines is 1. The number of hydrogen-bond donors (Lipinski definition) is 2. The van der Waals surface area contributed by atoms with Crippen LogP contribution in [0.3, 0.4) is 0 Å². The van der Waals surface area contributed by atoms with E-state index in [0.29, 0.717) is 10.0 Å². The van der Waals surface area contributed by atoms with Gasteiger partial charge in [-0.15, -0.1) is 22.7 Å². The van der Waals surface area contributed by atoms with Gasteiger partial charge in [-0.3, -0.25) is 10.1 Å². The molecule has 4 nitrogen and oxygen atoms in total. The van der Waals surface area contributed by atoms with Crippen LogP contribution < -0.4 is 5.32 Å². The van der Waals surface area contributed by atoms with Gasteiger partial charge in [-0.05, 0) is 17.5 Å². The lowest BCUT2D eigenvalue weighted by atomic mass is 10.1. The van der Waals surface area contributed by atoms with Crippen LogP contribution >= 0.6 is 22.7 Å². The molecule has 0 atom stereocenters. The van der Waals surface area contributed by atoms with Crippen molar-refractivity contribution in [3.05, 3.63) is 58.2 Å². The Hall–Kier alpha value is -2.44. The largest absolute Gasteiger partial charge is 0.360 e. The van der Waals surface area contributed by atoms with Crippen molar-refractivity contribution in [2.45, 2.75) is 0 Å². The molecule has 0 saturated carbocycles. The molecule has 0 fully saturated rings. The molecule has 0 aliphatic heterocycles. The number of para-hydroxylation sites is 1. The number of nitrogens with one attached hydrogen (secondary N) is 2. The third kappa shape index (κ3) is 2.32. The van der Waals surface area contributed by atoms with Gasteiger partial charge in [-0.25, -0.2) is 4.98 Å². The summed E-state index contributed by atoms with van der Waals surface area (Å²) < 4.78 is 0. The highest BCUT2D eigenvalue weighted by molar-refractivity contribution is 7.14. The van der Waals surface area contributed by atoms with Gasteiger partial charge in [0.2, 0.25) is 0 Å². The van der Waals surface area contributed by atoms with E-state index in [2.05, 4.69) is 21.4 Å². The first kappa shape index (κ1) is 13.2. The van der Waals surface area contributed by atoms with Gasteiger partial charge in [0.15, 0.2) is 5.13 Å². The van der Waals surface area contributed by atoms with Gasteiger partial charge in [0.25, 0.3) is 5.91 Å². The fourth-order valence-corrected chi connectivity index (χ4v) is 3.63. The van der Waals surface area contributed by atoms with Gasteiger partial charge in [0, 0.05) is 28.0 Å². The number of hydrogen-bond acceptors (Lipinski definition) is 4. The van der Waals surface area contributed by atoms with Crippen molar-refractivity contribution >= 4 is 44.6 Å². The number of aromatic amines is 1. The molecular formula is C16H11N3OS2. The Morgan fingerprint density at radius 1 is 1.14 bits per heavy atom. The highest BCUT2D eigenvalue weighted by Gasteiger charge is 2.12. The van der Waals surface area contributed by atoms with Crippen molar-refractivity contribution in [1.29, 1.82) is 0 Å². The second-order valence-electron chi connectivity index (χ2n) is 4.72. The zero-order chi connectivity index (χ0) is 14.9. The van der Waals surface area contributed by atoms with E-state index in [1.807, 2.05) is 41.2 Å². The third-order valence-electron chi connectivity index (χ3n) is 3.33. The minimum absolute atomic E-state index is 0.116. The molecule has 3 aromatic heterocycles. The third-order valence-corrected chi connectivity index (χ3v) is 4.96. The van der Waals surface area contributed by atoms with Crippen LogP contribution in [0.5, 0.6) is 0 Å². The molecule has 2 N–H and O–H groups in total. The van der Waals surface area contributed by atoms with E-state index in [1.165, 1.54) is 22.7 Å². The molecule has 0 aliphatic carbocycles. The first-order valence-corrected chi connectivity index (χ1v) is 8.44. The number of carbonyl (C=O) groups is 1. The minimum atomic E-state index is -0.116. The number of thiophene rings is 1. The maximum absolute atomic E-state index is 12.0. The normalized spacial score (nSPS) is 10.9. The van der Waals surface area contributed by atoms with Gasteiger partial charge in [0.1, 0.15) is 0 Å². The predicted octanol–water partition coefficient (Wildman–Crippen LogP) is 4.61. The first-order chi connectivity index (χ1) is 10.8. The van der Waals surface area contributed by atoms with Crippen LogP contribution in [0, 0.1) is 0 Å². The smallest absolute Gasteiger partial charge is 0.267 e. The molecule has 6 heteroatoms. The molecule has 1 aromatic carbocycles. The molecule has 0 radical (unpaired) electrons. The van der Waals surface area contributed by atoms with E-state index in [4.69, 9.17) is 0 Å². The van der Waals surface area contributed by atoms with Crippen molar-refractivity contribution in [3.8, 4) is 11.3 Å². The molecule has 4 rings (SSSR count). The SMILES string of the molecule is O=C(Nc1nc(-c2c[nH]c3ccccc23)cs1)c1cccs1. The summed E-state index contributed by atoms with van der Waals surface area (Å²) in [5, 5.41) is 8.42. The fourth-order valence-electron chi connectivity index (χ4n) is 2.30. The van der Waals surface area contributed by atoms with Crippen LogP contribution in [-0.4, -0.2) is 15.9 Å². The highest BCUT2D eigenvalue weighted by Crippen LogP contribution is 2.31. The second kappa shape index (κ2) is 5.40. The Morgan fingerprint density at radius 3 is 2.91 bits per heavy atom. The second-order valence-corrected chi connectivity index (χ2v) is 6.52. The average Bonchev–Trinajstić information content (AvgIpc) is 3.27. The molecule has 0 aliphatic rings.